The van der Waals surface area contributed by atoms with Crippen LogP contribution >= 0.6 is 0 Å². The highest BCUT2D eigenvalue weighted by molar-refractivity contribution is 5.80. The number of halogens is 2. The van der Waals surface area contributed by atoms with E-state index < -0.39 is 6.61 Å². The van der Waals surface area contributed by atoms with Gasteiger partial charge in [0.2, 0.25) is 0 Å². The monoisotopic (exact) mass is 343 g/mol. The lowest BCUT2D eigenvalue weighted by molar-refractivity contribution is -0.147. The van der Waals surface area contributed by atoms with Crippen LogP contribution in [0.4, 0.5) is 8.78 Å². The average Bonchev–Trinajstić information content (AvgIpc) is 2.50. The van der Waals surface area contributed by atoms with E-state index in [4.69, 9.17) is 4.74 Å². The second-order valence-corrected chi connectivity index (χ2v) is 5.13. The Kier molecular flexibility index (Phi) is 8.53. The Labute approximate surface area is 140 Å². The Morgan fingerprint density at radius 2 is 1.96 bits per heavy atom. The number of hydrogen-bond donors (Lipinski definition) is 2. The molecule has 0 saturated carbocycles. The molecule has 0 saturated heterocycles. The molecule has 0 bridgehead atoms. The van der Waals surface area contributed by atoms with Crippen LogP contribution in [0.25, 0.3) is 0 Å². The maximum absolute atomic E-state index is 12.4. The Hall–Kier alpha value is -2.38. The molecular weight excluding hydrogens is 320 g/mol. The van der Waals surface area contributed by atoms with E-state index in [1.165, 1.54) is 6.07 Å². The molecule has 0 unspecified atom stereocenters. The predicted molar refractivity (Wildman–Crippen MR) is 87.1 cm³/mol. The van der Waals surface area contributed by atoms with Gasteiger partial charge in [-0.1, -0.05) is 18.2 Å². The van der Waals surface area contributed by atoms with Crippen LogP contribution in [-0.2, 0) is 16.1 Å². The predicted octanol–water partition coefficient (Wildman–Crippen LogP) is 2.29. The van der Waals surface area contributed by atoms with Crippen molar-refractivity contribution < 1.29 is 23.0 Å². The Morgan fingerprint density at radius 3 is 2.58 bits per heavy atom. The van der Waals surface area contributed by atoms with Crippen molar-refractivity contribution in [3.8, 4) is 5.75 Å². The molecule has 1 aromatic rings. The van der Waals surface area contributed by atoms with Gasteiger partial charge in [0.1, 0.15) is 5.75 Å². The van der Waals surface area contributed by atoms with E-state index in [0.717, 1.165) is 0 Å². The molecule has 8 heteroatoms. The number of guanidine groups is 1. The number of hydrogen-bond acceptors (Lipinski definition) is 4. The Balaban J connectivity index is 2.46. The SMILES string of the molecule is CN=C(NCCC(=O)OC(C)C)NCc1ccccc1OC(F)F. The van der Waals surface area contributed by atoms with Gasteiger partial charge < -0.3 is 20.1 Å². The molecule has 1 aromatic carbocycles. The lowest BCUT2D eigenvalue weighted by atomic mass is 10.2. The van der Waals surface area contributed by atoms with Gasteiger partial charge in [-0.2, -0.15) is 8.78 Å². The fourth-order valence-electron chi connectivity index (χ4n) is 1.87. The minimum absolute atomic E-state index is 0.107. The molecule has 6 nitrogen and oxygen atoms in total. The zero-order valence-electron chi connectivity index (χ0n) is 14.0. The van der Waals surface area contributed by atoms with Crippen molar-refractivity contribution in [2.75, 3.05) is 13.6 Å². The summed E-state index contributed by atoms with van der Waals surface area (Å²) in [6.45, 7) is 1.28. The van der Waals surface area contributed by atoms with Crippen LogP contribution in [-0.4, -0.2) is 38.2 Å². The molecule has 0 aromatic heterocycles. The number of para-hydroxylation sites is 1. The van der Waals surface area contributed by atoms with Gasteiger partial charge in [-0.05, 0) is 19.9 Å². The van der Waals surface area contributed by atoms with Gasteiger partial charge in [0.05, 0.1) is 12.5 Å². The van der Waals surface area contributed by atoms with Crippen molar-refractivity contribution in [1.82, 2.24) is 10.6 Å². The van der Waals surface area contributed by atoms with E-state index in [2.05, 4.69) is 20.4 Å². The summed E-state index contributed by atoms with van der Waals surface area (Å²) in [6.07, 6.45) is 0.0468. The third-order valence-corrected chi connectivity index (χ3v) is 2.85. The van der Waals surface area contributed by atoms with Crippen LogP contribution in [0.1, 0.15) is 25.8 Å². The Bertz CT molecular complexity index is 551. The third kappa shape index (κ3) is 7.75. The molecule has 0 aliphatic rings. The largest absolute Gasteiger partial charge is 0.463 e. The van der Waals surface area contributed by atoms with E-state index in [-0.39, 0.29) is 30.8 Å². The van der Waals surface area contributed by atoms with Gasteiger partial charge in [-0.3, -0.25) is 9.79 Å². The number of carbonyl (C=O) groups is 1. The van der Waals surface area contributed by atoms with Crippen molar-refractivity contribution >= 4 is 11.9 Å². The fraction of sp³-hybridized carbons (Fsp3) is 0.500. The standard InChI is InChI=1S/C16H23F2N3O3/c1-11(2)23-14(22)8-9-20-16(19-3)21-10-12-6-4-5-7-13(12)24-15(17)18/h4-7,11,15H,8-10H2,1-3H3,(H2,19,20,21). The molecule has 2 N–H and O–H groups in total. The first-order valence-corrected chi connectivity index (χ1v) is 7.59. The van der Waals surface area contributed by atoms with Gasteiger partial charge >= 0.3 is 12.6 Å². The minimum atomic E-state index is -2.88. The van der Waals surface area contributed by atoms with Crippen LogP contribution in [0.5, 0.6) is 5.75 Å². The molecule has 0 spiro atoms. The molecule has 0 amide bonds. The number of carbonyl (C=O) groups excluding carboxylic acids is 1. The molecule has 0 atom stereocenters. The van der Waals surface area contributed by atoms with Crippen LogP contribution < -0.4 is 15.4 Å². The number of rotatable bonds is 8. The molecule has 134 valence electrons. The van der Waals surface area contributed by atoms with Crippen LogP contribution in [0.15, 0.2) is 29.3 Å². The lowest BCUT2D eigenvalue weighted by Crippen LogP contribution is -2.38. The van der Waals surface area contributed by atoms with Gasteiger partial charge in [0.15, 0.2) is 5.96 Å². The number of ether oxygens (including phenoxy) is 2. The highest BCUT2D eigenvalue weighted by Gasteiger charge is 2.10. The van der Waals surface area contributed by atoms with Crippen LogP contribution in [0.3, 0.4) is 0 Å². The number of alkyl halides is 2. The Morgan fingerprint density at radius 1 is 1.25 bits per heavy atom. The van der Waals surface area contributed by atoms with Gasteiger partial charge in [-0.15, -0.1) is 0 Å². The number of nitrogens with zero attached hydrogens (tertiary/aromatic N) is 1. The van der Waals surface area contributed by atoms with E-state index in [0.29, 0.717) is 18.1 Å². The maximum atomic E-state index is 12.4. The van der Waals surface area contributed by atoms with Gasteiger partial charge in [0.25, 0.3) is 0 Å². The normalized spacial score (nSPS) is 11.5. The second-order valence-electron chi connectivity index (χ2n) is 5.13. The highest BCUT2D eigenvalue weighted by atomic mass is 19.3. The molecule has 0 fully saturated rings. The zero-order valence-corrected chi connectivity index (χ0v) is 14.0. The van der Waals surface area contributed by atoms with Gasteiger partial charge in [-0.25, -0.2) is 0 Å². The summed E-state index contributed by atoms with van der Waals surface area (Å²) in [5, 5.41) is 5.93. The van der Waals surface area contributed by atoms with Crippen molar-refractivity contribution in [3.63, 3.8) is 0 Å². The molecule has 1 rings (SSSR count). The van der Waals surface area contributed by atoms with E-state index >= 15 is 0 Å². The topological polar surface area (TPSA) is 72.0 Å². The van der Waals surface area contributed by atoms with Crippen molar-refractivity contribution in [3.05, 3.63) is 29.8 Å². The summed E-state index contributed by atoms with van der Waals surface area (Å²) in [5.74, 6) is 0.249. The molecule has 0 radical (unpaired) electrons. The van der Waals surface area contributed by atoms with Crippen LogP contribution in [0, 0.1) is 0 Å². The van der Waals surface area contributed by atoms with E-state index in [1.807, 2.05) is 0 Å². The number of aliphatic imine (C=N–C) groups is 1. The van der Waals surface area contributed by atoms with E-state index in [9.17, 15) is 13.6 Å². The molecule has 0 aliphatic carbocycles. The van der Waals surface area contributed by atoms with Crippen molar-refractivity contribution in [2.45, 2.75) is 39.5 Å². The summed E-state index contributed by atoms with van der Waals surface area (Å²) in [6, 6.07) is 6.50. The molecular formula is C16H23F2N3O3. The summed E-state index contributed by atoms with van der Waals surface area (Å²) in [5.41, 5.74) is 0.569. The number of nitrogens with one attached hydrogen (secondary N) is 2. The first kappa shape index (κ1) is 19.7. The zero-order chi connectivity index (χ0) is 17.9. The lowest BCUT2D eigenvalue weighted by Gasteiger charge is -2.14. The summed E-state index contributed by atoms with van der Waals surface area (Å²) in [7, 11) is 1.57. The smallest absolute Gasteiger partial charge is 0.387 e. The summed E-state index contributed by atoms with van der Waals surface area (Å²) >= 11 is 0. The third-order valence-electron chi connectivity index (χ3n) is 2.85. The average molecular weight is 343 g/mol. The molecule has 0 heterocycles. The number of esters is 1. The maximum Gasteiger partial charge on any atom is 0.387 e. The first-order chi connectivity index (χ1) is 11.4. The first-order valence-electron chi connectivity index (χ1n) is 7.59. The van der Waals surface area contributed by atoms with E-state index in [1.54, 1.807) is 39.1 Å². The second kappa shape index (κ2) is 10.4. The number of benzene rings is 1. The highest BCUT2D eigenvalue weighted by Crippen LogP contribution is 2.19. The molecule has 24 heavy (non-hydrogen) atoms. The fourth-order valence-corrected chi connectivity index (χ4v) is 1.87. The van der Waals surface area contributed by atoms with Crippen molar-refractivity contribution in [1.29, 1.82) is 0 Å². The quantitative estimate of drug-likeness (QED) is 0.430. The van der Waals surface area contributed by atoms with Crippen molar-refractivity contribution in [2.24, 2.45) is 4.99 Å². The summed E-state index contributed by atoms with van der Waals surface area (Å²) in [4.78, 5) is 15.4. The van der Waals surface area contributed by atoms with Crippen LogP contribution in [0.2, 0.25) is 0 Å². The summed E-state index contributed by atoms with van der Waals surface area (Å²) < 4.78 is 34.2. The van der Waals surface area contributed by atoms with Gasteiger partial charge in [0, 0.05) is 25.7 Å². The molecule has 0 aliphatic heterocycles. The minimum Gasteiger partial charge on any atom is -0.463 e.